The first-order chi connectivity index (χ1) is 9.79. The molecule has 0 atom stereocenters. The van der Waals surface area contributed by atoms with Crippen LogP contribution in [-0.4, -0.2) is 57.2 Å². The molecule has 2 N–H and O–H groups in total. The van der Waals surface area contributed by atoms with E-state index in [9.17, 15) is 4.79 Å². The van der Waals surface area contributed by atoms with Gasteiger partial charge in [0.1, 0.15) is 12.4 Å². The molecule has 20 heavy (non-hydrogen) atoms. The molecule has 1 amide bonds. The van der Waals surface area contributed by atoms with E-state index >= 15 is 0 Å². The fourth-order valence-corrected chi connectivity index (χ4v) is 2.25. The molecule has 1 aromatic rings. The average Bonchev–Trinajstić information content (AvgIpc) is 2.94. The third-order valence-corrected chi connectivity index (χ3v) is 3.32. The lowest BCUT2D eigenvalue weighted by Crippen LogP contribution is -2.44. The molecule has 2 rings (SSSR count). The van der Waals surface area contributed by atoms with Crippen LogP contribution in [-0.2, 0) is 11.3 Å². The second kappa shape index (κ2) is 8.04. The van der Waals surface area contributed by atoms with Crippen molar-refractivity contribution in [1.29, 1.82) is 0 Å². The molecule has 0 spiro atoms. The van der Waals surface area contributed by atoms with Gasteiger partial charge in [0, 0.05) is 39.8 Å². The lowest BCUT2D eigenvalue weighted by Gasteiger charge is -2.26. The molecule has 0 bridgehead atoms. The predicted molar refractivity (Wildman–Crippen MR) is 75.7 cm³/mol. The number of furan rings is 1. The maximum atomic E-state index is 11.8. The fraction of sp³-hybridized carbons (Fsp3) is 0.643. The SMILES string of the molecule is COCc1ccc(C(=O)NCCCN2CCNCC2)o1. The molecule has 1 fully saturated rings. The first-order valence-corrected chi connectivity index (χ1v) is 7.08. The normalized spacial score (nSPS) is 16.2. The van der Waals surface area contributed by atoms with Crippen molar-refractivity contribution in [3.63, 3.8) is 0 Å². The highest BCUT2D eigenvalue weighted by Crippen LogP contribution is 2.08. The van der Waals surface area contributed by atoms with E-state index in [0.29, 0.717) is 24.7 Å². The Labute approximate surface area is 119 Å². The molecular formula is C14H23N3O3. The fourth-order valence-electron chi connectivity index (χ4n) is 2.25. The summed E-state index contributed by atoms with van der Waals surface area (Å²) in [5, 5.41) is 6.20. The van der Waals surface area contributed by atoms with E-state index in [4.69, 9.17) is 9.15 Å². The molecule has 0 saturated carbocycles. The Balaban J connectivity index is 1.63. The van der Waals surface area contributed by atoms with Gasteiger partial charge in [-0.25, -0.2) is 0 Å². The van der Waals surface area contributed by atoms with Crippen molar-refractivity contribution in [2.24, 2.45) is 0 Å². The van der Waals surface area contributed by atoms with E-state index in [-0.39, 0.29) is 5.91 Å². The summed E-state index contributed by atoms with van der Waals surface area (Å²) in [6.07, 6.45) is 0.956. The minimum absolute atomic E-state index is 0.160. The number of rotatable bonds is 7. The van der Waals surface area contributed by atoms with Crippen molar-refractivity contribution in [3.05, 3.63) is 23.7 Å². The molecule has 0 unspecified atom stereocenters. The molecule has 0 radical (unpaired) electrons. The van der Waals surface area contributed by atoms with Crippen molar-refractivity contribution in [1.82, 2.24) is 15.5 Å². The summed E-state index contributed by atoms with van der Waals surface area (Å²) < 4.78 is 10.3. The molecule has 1 aliphatic rings. The highest BCUT2D eigenvalue weighted by molar-refractivity contribution is 5.91. The zero-order valence-corrected chi connectivity index (χ0v) is 12.0. The summed E-state index contributed by atoms with van der Waals surface area (Å²) in [6, 6.07) is 3.44. The molecule has 6 heteroatoms. The number of nitrogens with zero attached hydrogens (tertiary/aromatic N) is 1. The summed E-state index contributed by atoms with van der Waals surface area (Å²) in [5.74, 6) is 0.852. The number of ether oxygens (including phenoxy) is 1. The van der Waals surface area contributed by atoms with Crippen molar-refractivity contribution in [2.75, 3.05) is 46.4 Å². The summed E-state index contributed by atoms with van der Waals surface area (Å²) in [7, 11) is 1.60. The van der Waals surface area contributed by atoms with Gasteiger partial charge in [-0.15, -0.1) is 0 Å². The second-order valence-corrected chi connectivity index (χ2v) is 4.90. The second-order valence-electron chi connectivity index (χ2n) is 4.90. The Morgan fingerprint density at radius 3 is 3.00 bits per heavy atom. The molecule has 1 saturated heterocycles. The van der Waals surface area contributed by atoms with Crippen LogP contribution in [0.25, 0.3) is 0 Å². The number of carbonyl (C=O) groups excluding carboxylic acids is 1. The number of piperazine rings is 1. The van der Waals surface area contributed by atoms with Gasteiger partial charge in [-0.1, -0.05) is 0 Å². The number of nitrogens with one attached hydrogen (secondary N) is 2. The van der Waals surface area contributed by atoms with Crippen LogP contribution in [0.5, 0.6) is 0 Å². The van der Waals surface area contributed by atoms with Gasteiger partial charge in [0.25, 0.3) is 5.91 Å². The minimum atomic E-state index is -0.160. The Hall–Kier alpha value is -1.37. The number of hydrogen-bond donors (Lipinski definition) is 2. The molecule has 1 aliphatic heterocycles. The van der Waals surface area contributed by atoms with Crippen molar-refractivity contribution in [2.45, 2.75) is 13.0 Å². The Morgan fingerprint density at radius 2 is 2.25 bits per heavy atom. The smallest absolute Gasteiger partial charge is 0.286 e. The van der Waals surface area contributed by atoms with E-state index in [1.165, 1.54) is 0 Å². The van der Waals surface area contributed by atoms with Crippen LogP contribution in [0, 0.1) is 0 Å². The zero-order valence-electron chi connectivity index (χ0n) is 12.0. The molecular weight excluding hydrogens is 258 g/mol. The Morgan fingerprint density at radius 1 is 1.45 bits per heavy atom. The molecule has 6 nitrogen and oxygen atoms in total. The quantitative estimate of drug-likeness (QED) is 0.710. The summed E-state index contributed by atoms with van der Waals surface area (Å²) in [4.78, 5) is 14.3. The lowest BCUT2D eigenvalue weighted by molar-refractivity contribution is 0.0915. The van der Waals surface area contributed by atoms with E-state index in [0.717, 1.165) is 39.1 Å². The topological polar surface area (TPSA) is 66.7 Å². The van der Waals surface area contributed by atoms with Gasteiger partial charge in [0.2, 0.25) is 0 Å². The van der Waals surface area contributed by atoms with Gasteiger partial charge in [0.15, 0.2) is 5.76 Å². The van der Waals surface area contributed by atoms with Crippen LogP contribution in [0.2, 0.25) is 0 Å². The monoisotopic (exact) mass is 281 g/mol. The Kier molecular flexibility index (Phi) is 6.04. The van der Waals surface area contributed by atoms with Crippen LogP contribution in [0.1, 0.15) is 22.7 Å². The van der Waals surface area contributed by atoms with Gasteiger partial charge in [-0.05, 0) is 25.1 Å². The van der Waals surface area contributed by atoms with Crippen LogP contribution < -0.4 is 10.6 Å². The third kappa shape index (κ3) is 4.63. The maximum Gasteiger partial charge on any atom is 0.286 e. The van der Waals surface area contributed by atoms with E-state index < -0.39 is 0 Å². The first kappa shape index (κ1) is 15.0. The van der Waals surface area contributed by atoms with E-state index in [1.807, 2.05) is 0 Å². The predicted octanol–water partition coefficient (Wildman–Crippen LogP) is 0.451. The van der Waals surface area contributed by atoms with Gasteiger partial charge in [-0.2, -0.15) is 0 Å². The van der Waals surface area contributed by atoms with Crippen molar-refractivity contribution in [3.8, 4) is 0 Å². The molecule has 2 heterocycles. The number of hydrogen-bond acceptors (Lipinski definition) is 5. The zero-order chi connectivity index (χ0) is 14.2. The van der Waals surface area contributed by atoms with Crippen LogP contribution >= 0.6 is 0 Å². The van der Waals surface area contributed by atoms with Crippen LogP contribution in [0.4, 0.5) is 0 Å². The minimum Gasteiger partial charge on any atom is -0.453 e. The van der Waals surface area contributed by atoms with E-state index in [1.54, 1.807) is 19.2 Å². The van der Waals surface area contributed by atoms with Gasteiger partial charge in [0.05, 0.1) is 0 Å². The maximum absolute atomic E-state index is 11.8. The average molecular weight is 281 g/mol. The largest absolute Gasteiger partial charge is 0.453 e. The van der Waals surface area contributed by atoms with Crippen molar-refractivity contribution >= 4 is 5.91 Å². The van der Waals surface area contributed by atoms with Gasteiger partial charge < -0.3 is 24.7 Å². The number of carbonyl (C=O) groups is 1. The van der Waals surface area contributed by atoms with Crippen LogP contribution in [0.15, 0.2) is 16.5 Å². The van der Waals surface area contributed by atoms with Gasteiger partial charge in [-0.3, -0.25) is 4.79 Å². The molecule has 0 aromatic carbocycles. The third-order valence-electron chi connectivity index (χ3n) is 3.32. The highest BCUT2D eigenvalue weighted by Gasteiger charge is 2.11. The number of methoxy groups -OCH3 is 1. The standard InChI is InChI=1S/C14H23N3O3/c1-19-11-12-3-4-13(20-12)14(18)16-5-2-8-17-9-6-15-7-10-17/h3-4,15H,2,5-11H2,1H3,(H,16,18). The summed E-state index contributed by atoms with van der Waals surface area (Å²) in [5.41, 5.74) is 0. The first-order valence-electron chi connectivity index (χ1n) is 7.08. The Bertz CT molecular complexity index is 414. The van der Waals surface area contributed by atoms with Crippen molar-refractivity contribution < 1.29 is 13.9 Å². The van der Waals surface area contributed by atoms with E-state index in [2.05, 4.69) is 15.5 Å². The summed E-state index contributed by atoms with van der Waals surface area (Å²) in [6.45, 7) is 6.37. The molecule has 112 valence electrons. The molecule has 1 aromatic heterocycles. The van der Waals surface area contributed by atoms with Gasteiger partial charge >= 0.3 is 0 Å². The van der Waals surface area contributed by atoms with Crippen LogP contribution in [0.3, 0.4) is 0 Å². The summed E-state index contributed by atoms with van der Waals surface area (Å²) >= 11 is 0. The highest BCUT2D eigenvalue weighted by atomic mass is 16.5. The number of amides is 1. The molecule has 0 aliphatic carbocycles. The lowest BCUT2D eigenvalue weighted by atomic mass is 10.3.